The molecule has 0 unspecified atom stereocenters. The Morgan fingerprint density at radius 1 is 0.952 bits per heavy atom. The van der Waals surface area contributed by atoms with Gasteiger partial charge >= 0.3 is 6.18 Å². The Kier molecular flexibility index (Phi) is 3.27. The van der Waals surface area contributed by atoms with Gasteiger partial charge in [0.25, 0.3) is 0 Å². The monoisotopic (exact) mass is 293 g/mol. The van der Waals surface area contributed by atoms with E-state index < -0.39 is 11.7 Å². The van der Waals surface area contributed by atoms with Crippen LogP contribution in [-0.4, -0.2) is 0 Å². The van der Waals surface area contributed by atoms with Crippen LogP contribution in [0.1, 0.15) is 23.1 Å². The lowest BCUT2D eigenvalue weighted by molar-refractivity contribution is -0.137. The van der Waals surface area contributed by atoms with Crippen molar-refractivity contribution in [3.05, 3.63) is 53.1 Å². The lowest BCUT2D eigenvalue weighted by Gasteiger charge is -2.12. The molecule has 0 atom stereocenters. The van der Waals surface area contributed by atoms with Crippen LogP contribution in [0.3, 0.4) is 0 Å². The highest BCUT2D eigenvalue weighted by atomic mass is 19.4. The van der Waals surface area contributed by atoms with E-state index in [1.54, 1.807) is 0 Å². The van der Waals surface area contributed by atoms with Crippen LogP contribution in [-0.2, 0) is 19.0 Å². The number of anilines is 1. The van der Waals surface area contributed by atoms with E-state index in [0.717, 1.165) is 31.4 Å². The molecule has 5 heteroatoms. The number of fused-ring (bicyclic) bond motifs is 1. The second-order valence-corrected chi connectivity index (χ2v) is 5.14. The quantitative estimate of drug-likeness (QED) is 0.823. The Morgan fingerprint density at radius 2 is 1.71 bits per heavy atom. The van der Waals surface area contributed by atoms with Gasteiger partial charge in [0.2, 0.25) is 0 Å². The normalized spacial score (nSPS) is 14.0. The van der Waals surface area contributed by atoms with Crippen LogP contribution in [0.15, 0.2) is 36.4 Å². The van der Waals surface area contributed by atoms with Crippen molar-refractivity contribution in [2.45, 2.75) is 25.4 Å². The summed E-state index contributed by atoms with van der Waals surface area (Å²) >= 11 is 0. The van der Waals surface area contributed by atoms with Gasteiger partial charge < -0.3 is 10.5 Å². The fourth-order valence-corrected chi connectivity index (χ4v) is 2.56. The van der Waals surface area contributed by atoms with E-state index in [-0.39, 0.29) is 11.4 Å². The summed E-state index contributed by atoms with van der Waals surface area (Å²) in [6.45, 7) is 0. The topological polar surface area (TPSA) is 35.2 Å². The standard InChI is InChI=1S/C16H14F3NO/c17-16(18,19)12-5-7-15(14(20)9-12)21-13-6-4-10-2-1-3-11(10)8-13/h4-9H,1-3,20H2. The summed E-state index contributed by atoms with van der Waals surface area (Å²) in [4.78, 5) is 0. The maximum absolute atomic E-state index is 12.6. The minimum Gasteiger partial charge on any atom is -0.455 e. The largest absolute Gasteiger partial charge is 0.455 e. The maximum atomic E-state index is 12.6. The van der Waals surface area contributed by atoms with Gasteiger partial charge in [-0.15, -0.1) is 0 Å². The van der Waals surface area contributed by atoms with Gasteiger partial charge in [0.1, 0.15) is 11.5 Å². The van der Waals surface area contributed by atoms with Crippen molar-refractivity contribution in [1.29, 1.82) is 0 Å². The molecular weight excluding hydrogens is 279 g/mol. The average molecular weight is 293 g/mol. The molecule has 2 aromatic carbocycles. The molecule has 1 aliphatic rings. The van der Waals surface area contributed by atoms with Crippen molar-refractivity contribution in [2.24, 2.45) is 0 Å². The molecule has 110 valence electrons. The molecule has 3 rings (SSSR count). The molecule has 21 heavy (non-hydrogen) atoms. The van der Waals surface area contributed by atoms with Gasteiger partial charge in [-0.05, 0) is 60.7 Å². The average Bonchev–Trinajstić information content (AvgIpc) is 2.87. The fraction of sp³-hybridized carbons (Fsp3) is 0.250. The van der Waals surface area contributed by atoms with E-state index in [1.807, 2.05) is 18.2 Å². The SMILES string of the molecule is Nc1cc(C(F)(F)F)ccc1Oc1ccc2c(c1)CCC2. The van der Waals surface area contributed by atoms with Crippen molar-refractivity contribution in [1.82, 2.24) is 0 Å². The van der Waals surface area contributed by atoms with E-state index in [4.69, 9.17) is 10.5 Å². The third-order valence-electron chi connectivity index (χ3n) is 3.63. The van der Waals surface area contributed by atoms with Crippen molar-refractivity contribution >= 4 is 5.69 Å². The summed E-state index contributed by atoms with van der Waals surface area (Å²) in [5, 5.41) is 0. The lowest BCUT2D eigenvalue weighted by atomic mass is 10.1. The number of nitrogens with two attached hydrogens (primary N) is 1. The van der Waals surface area contributed by atoms with Gasteiger partial charge in [-0.3, -0.25) is 0 Å². The van der Waals surface area contributed by atoms with E-state index >= 15 is 0 Å². The van der Waals surface area contributed by atoms with E-state index in [9.17, 15) is 13.2 Å². The van der Waals surface area contributed by atoms with Crippen LogP contribution in [0, 0.1) is 0 Å². The van der Waals surface area contributed by atoms with Gasteiger partial charge in [0, 0.05) is 0 Å². The van der Waals surface area contributed by atoms with Crippen molar-refractivity contribution in [3.8, 4) is 11.5 Å². The first-order chi connectivity index (χ1) is 9.93. The van der Waals surface area contributed by atoms with Crippen molar-refractivity contribution < 1.29 is 17.9 Å². The van der Waals surface area contributed by atoms with Gasteiger partial charge in [-0.2, -0.15) is 13.2 Å². The third kappa shape index (κ3) is 2.82. The first kappa shape index (κ1) is 13.8. The summed E-state index contributed by atoms with van der Waals surface area (Å²) in [6.07, 6.45) is -1.20. The van der Waals surface area contributed by atoms with Crippen LogP contribution in [0.25, 0.3) is 0 Å². The molecule has 0 aromatic heterocycles. The van der Waals surface area contributed by atoms with Gasteiger partial charge in [0.15, 0.2) is 0 Å². The highest BCUT2D eigenvalue weighted by Crippen LogP contribution is 2.36. The smallest absolute Gasteiger partial charge is 0.416 e. The van der Waals surface area contributed by atoms with Crippen LogP contribution >= 0.6 is 0 Å². The zero-order chi connectivity index (χ0) is 15.0. The second kappa shape index (κ2) is 4.98. The fourth-order valence-electron chi connectivity index (χ4n) is 2.56. The predicted molar refractivity (Wildman–Crippen MR) is 74.4 cm³/mol. The number of rotatable bonds is 2. The van der Waals surface area contributed by atoms with Crippen molar-refractivity contribution in [2.75, 3.05) is 5.73 Å². The Bertz CT molecular complexity index is 680. The molecule has 0 fully saturated rings. The maximum Gasteiger partial charge on any atom is 0.416 e. The minimum atomic E-state index is -4.40. The lowest BCUT2D eigenvalue weighted by Crippen LogP contribution is -2.06. The molecule has 0 heterocycles. The van der Waals surface area contributed by atoms with E-state index in [1.165, 1.54) is 17.2 Å². The predicted octanol–water partition coefficient (Wildman–Crippen LogP) is 4.57. The highest BCUT2D eigenvalue weighted by molar-refractivity contribution is 5.56. The van der Waals surface area contributed by atoms with Crippen LogP contribution in [0.4, 0.5) is 18.9 Å². The first-order valence-corrected chi connectivity index (χ1v) is 6.70. The number of ether oxygens (including phenoxy) is 1. The molecule has 0 saturated heterocycles. The molecule has 2 aromatic rings. The Morgan fingerprint density at radius 3 is 2.43 bits per heavy atom. The Hall–Kier alpha value is -2.17. The third-order valence-corrected chi connectivity index (χ3v) is 3.63. The van der Waals surface area contributed by atoms with Crippen molar-refractivity contribution in [3.63, 3.8) is 0 Å². The van der Waals surface area contributed by atoms with Gasteiger partial charge in [0.05, 0.1) is 11.3 Å². The molecule has 0 radical (unpaired) electrons. The number of hydrogen-bond acceptors (Lipinski definition) is 2. The van der Waals surface area contributed by atoms with Crippen LogP contribution < -0.4 is 10.5 Å². The molecular formula is C16H14F3NO. The summed E-state index contributed by atoms with van der Waals surface area (Å²) in [6, 6.07) is 8.87. The number of halogens is 3. The number of hydrogen-bond donors (Lipinski definition) is 1. The molecule has 0 saturated carbocycles. The minimum absolute atomic E-state index is 0.0228. The van der Waals surface area contributed by atoms with E-state index in [0.29, 0.717) is 5.75 Å². The Balaban J connectivity index is 1.85. The summed E-state index contributed by atoms with van der Waals surface area (Å²) in [7, 11) is 0. The molecule has 0 bridgehead atoms. The number of benzene rings is 2. The summed E-state index contributed by atoms with van der Waals surface area (Å²) in [5.41, 5.74) is 7.40. The van der Waals surface area contributed by atoms with Gasteiger partial charge in [-0.1, -0.05) is 6.07 Å². The summed E-state index contributed by atoms with van der Waals surface area (Å²) in [5.74, 6) is 0.836. The second-order valence-electron chi connectivity index (χ2n) is 5.14. The van der Waals surface area contributed by atoms with Crippen LogP contribution in [0.5, 0.6) is 11.5 Å². The number of aryl methyl sites for hydroxylation is 2. The van der Waals surface area contributed by atoms with E-state index in [2.05, 4.69) is 0 Å². The summed E-state index contributed by atoms with van der Waals surface area (Å²) < 4.78 is 43.4. The number of alkyl halides is 3. The zero-order valence-corrected chi connectivity index (χ0v) is 11.2. The van der Waals surface area contributed by atoms with Gasteiger partial charge in [-0.25, -0.2) is 0 Å². The zero-order valence-electron chi connectivity index (χ0n) is 11.2. The first-order valence-electron chi connectivity index (χ1n) is 6.70. The molecule has 0 amide bonds. The molecule has 2 N–H and O–H groups in total. The Labute approximate surface area is 120 Å². The molecule has 0 spiro atoms. The molecule has 0 aliphatic heterocycles. The highest BCUT2D eigenvalue weighted by Gasteiger charge is 2.31. The molecule has 2 nitrogen and oxygen atoms in total. The number of nitrogen functional groups attached to an aromatic ring is 1. The van der Waals surface area contributed by atoms with Crippen LogP contribution in [0.2, 0.25) is 0 Å². The molecule has 1 aliphatic carbocycles.